The second-order valence-corrected chi connectivity index (χ2v) is 15.1. The van der Waals surface area contributed by atoms with Gasteiger partial charge in [-0.1, -0.05) is 39.0 Å². The van der Waals surface area contributed by atoms with Gasteiger partial charge in [0.05, 0.1) is 18.8 Å². The number of ether oxygens (including phenoxy) is 4. The summed E-state index contributed by atoms with van der Waals surface area (Å²) in [6, 6.07) is 9.31. The van der Waals surface area contributed by atoms with E-state index in [4.69, 9.17) is 18.9 Å². The first kappa shape index (κ1) is 31.7. The van der Waals surface area contributed by atoms with Gasteiger partial charge >= 0.3 is 11.9 Å². The maximum atomic E-state index is 13.6. The fraction of sp³-hybridized carbons (Fsp3) is 0.757. The number of fused-ring (bicyclic) bond motifs is 5. The predicted octanol–water partition coefficient (Wildman–Crippen LogP) is 7.16. The molecule has 7 nitrogen and oxygen atoms in total. The Labute approximate surface area is 263 Å². The average molecular weight is 609 g/mol. The number of rotatable bonds is 8. The van der Waals surface area contributed by atoms with Crippen LogP contribution in [0.15, 0.2) is 30.3 Å². The molecule has 0 aromatic heterocycles. The van der Waals surface area contributed by atoms with E-state index < -0.39 is 0 Å². The highest BCUT2D eigenvalue weighted by molar-refractivity contribution is 5.89. The summed E-state index contributed by atoms with van der Waals surface area (Å²) >= 11 is 0. The van der Waals surface area contributed by atoms with E-state index in [1.807, 2.05) is 30.3 Å². The number of esters is 2. The second-order valence-electron chi connectivity index (χ2n) is 15.1. The zero-order chi connectivity index (χ0) is 31.1. The van der Waals surface area contributed by atoms with Gasteiger partial charge in [0.2, 0.25) is 0 Å². The smallest absolute Gasteiger partial charge is 0.338 e. The van der Waals surface area contributed by atoms with Gasteiger partial charge in [-0.15, -0.1) is 0 Å². The molecule has 6 rings (SSSR count). The molecule has 1 unspecified atom stereocenters. The van der Waals surface area contributed by atoms with Crippen LogP contribution in [0.5, 0.6) is 0 Å². The Balaban J connectivity index is 1.36. The molecule has 242 valence electrons. The van der Waals surface area contributed by atoms with E-state index in [0.29, 0.717) is 54.3 Å². The van der Waals surface area contributed by atoms with Gasteiger partial charge in [-0.05, 0) is 105 Å². The van der Waals surface area contributed by atoms with Crippen LogP contribution in [0.1, 0.15) is 108 Å². The monoisotopic (exact) mass is 608 g/mol. The maximum absolute atomic E-state index is 13.6. The van der Waals surface area contributed by atoms with Gasteiger partial charge in [-0.2, -0.15) is 0 Å². The largest absolute Gasteiger partial charge is 0.469 e. The lowest BCUT2D eigenvalue weighted by molar-refractivity contribution is -0.264. The van der Waals surface area contributed by atoms with Crippen LogP contribution in [0, 0.1) is 46.3 Å². The highest BCUT2D eigenvalue weighted by Gasteiger charge is 2.67. The molecule has 1 aliphatic heterocycles. The van der Waals surface area contributed by atoms with Crippen molar-refractivity contribution in [3.8, 4) is 0 Å². The maximum Gasteiger partial charge on any atom is 0.338 e. The topological polar surface area (TPSA) is 88.1 Å². The fourth-order valence-corrected chi connectivity index (χ4v) is 10.6. The third-order valence-corrected chi connectivity index (χ3v) is 13.1. The van der Waals surface area contributed by atoms with Crippen LogP contribution in [0.3, 0.4) is 0 Å². The van der Waals surface area contributed by atoms with Crippen molar-refractivity contribution in [2.45, 2.75) is 116 Å². The predicted molar refractivity (Wildman–Crippen MR) is 166 cm³/mol. The summed E-state index contributed by atoms with van der Waals surface area (Å²) in [7, 11) is 1.46. The molecule has 1 saturated heterocycles. The third kappa shape index (κ3) is 5.77. The van der Waals surface area contributed by atoms with Gasteiger partial charge < -0.3 is 18.9 Å². The fourth-order valence-electron chi connectivity index (χ4n) is 10.6. The molecular formula is C37H52O7. The van der Waals surface area contributed by atoms with Crippen LogP contribution in [0.25, 0.3) is 0 Å². The van der Waals surface area contributed by atoms with Crippen molar-refractivity contribution in [1.29, 1.82) is 0 Å². The van der Waals surface area contributed by atoms with Crippen molar-refractivity contribution >= 4 is 17.7 Å². The molecule has 7 heteroatoms. The molecule has 0 N–H and O–H groups in total. The van der Waals surface area contributed by atoms with Gasteiger partial charge in [0.1, 0.15) is 11.9 Å². The number of hydrogen-bond donors (Lipinski definition) is 0. The van der Waals surface area contributed by atoms with Crippen molar-refractivity contribution in [2.24, 2.45) is 46.3 Å². The number of ketones is 1. The van der Waals surface area contributed by atoms with Gasteiger partial charge in [0.15, 0.2) is 6.29 Å². The summed E-state index contributed by atoms with van der Waals surface area (Å²) in [6.45, 7) is 7.88. The molecular weight excluding hydrogens is 556 g/mol. The Hall–Kier alpha value is -2.25. The first-order chi connectivity index (χ1) is 21.1. The van der Waals surface area contributed by atoms with E-state index in [1.165, 1.54) is 7.11 Å². The summed E-state index contributed by atoms with van der Waals surface area (Å²) < 4.78 is 24.8. The summed E-state index contributed by atoms with van der Waals surface area (Å²) in [5.41, 5.74) is 0.425. The number of methoxy groups -OCH3 is 1. The molecule has 0 amide bonds. The SMILES string of the molecule is COC(=O)CCC(C)[C@H]1CC[C@H]2[C@@H]3[C@H](OC(=O)c4ccccc4)C[C@@H]4CC(=O)CC[C@]4(C)[C@H]3C[C@H](O[C@H]3CCCCO3)[C@]12C. The molecule has 11 atom stereocenters. The number of carbonyl (C=O) groups is 3. The van der Waals surface area contributed by atoms with Crippen molar-refractivity contribution < 1.29 is 33.3 Å². The van der Waals surface area contributed by atoms with Crippen LogP contribution in [-0.4, -0.2) is 49.9 Å². The third-order valence-electron chi connectivity index (χ3n) is 13.1. The van der Waals surface area contributed by atoms with Gasteiger partial charge in [-0.25, -0.2) is 4.79 Å². The van der Waals surface area contributed by atoms with Gasteiger partial charge in [0.25, 0.3) is 0 Å². The molecule has 1 aromatic rings. The molecule has 5 aliphatic rings. The van der Waals surface area contributed by atoms with Crippen molar-refractivity contribution in [3.63, 3.8) is 0 Å². The Morgan fingerprint density at radius 3 is 2.57 bits per heavy atom. The molecule has 4 aliphatic carbocycles. The number of carbonyl (C=O) groups excluding carboxylic acids is 3. The molecule has 1 heterocycles. The number of benzene rings is 1. The van der Waals surface area contributed by atoms with Crippen LogP contribution in [0.4, 0.5) is 0 Å². The van der Waals surface area contributed by atoms with Crippen LogP contribution < -0.4 is 0 Å². The second kappa shape index (κ2) is 12.9. The molecule has 0 bridgehead atoms. The van der Waals surface area contributed by atoms with E-state index in [1.54, 1.807) is 0 Å². The number of Topliss-reactive ketones (excluding diaryl/α,β-unsaturated/α-hetero) is 1. The molecule has 4 saturated carbocycles. The Kier molecular flexibility index (Phi) is 9.27. The summed E-state index contributed by atoms with van der Waals surface area (Å²) in [6.07, 6.45) is 9.73. The summed E-state index contributed by atoms with van der Waals surface area (Å²) in [4.78, 5) is 38.5. The minimum Gasteiger partial charge on any atom is -0.469 e. The van der Waals surface area contributed by atoms with E-state index in [-0.39, 0.29) is 53.1 Å². The average Bonchev–Trinajstić information content (AvgIpc) is 3.39. The van der Waals surface area contributed by atoms with Crippen LogP contribution in [-0.2, 0) is 28.5 Å². The highest BCUT2D eigenvalue weighted by atomic mass is 16.7. The summed E-state index contributed by atoms with van der Waals surface area (Å²) in [5, 5.41) is 0. The standard InChI is InChI=1S/C37H52O7/c1-23(13-16-32(39)41-4)27-14-15-28-34-29(22-31(37(27,28)3)44-33-12-8-9-19-42-33)36(2)18-17-26(38)20-25(36)21-30(34)43-35(40)24-10-6-5-7-11-24/h5-7,10-11,23,25,27-31,33-34H,8-9,12-22H2,1-4H3/t23?,25-,27+,28-,29-,30+,31-,33-,34-,36-,37+/m0/s1. The first-order valence-corrected chi connectivity index (χ1v) is 17.3. The molecule has 0 spiro atoms. The van der Waals surface area contributed by atoms with Gasteiger partial charge in [0, 0.05) is 37.2 Å². The molecule has 5 fully saturated rings. The lowest BCUT2D eigenvalue weighted by Gasteiger charge is -2.64. The number of hydrogen-bond acceptors (Lipinski definition) is 7. The van der Waals surface area contributed by atoms with Gasteiger partial charge in [-0.3, -0.25) is 9.59 Å². The van der Waals surface area contributed by atoms with E-state index in [0.717, 1.165) is 64.4 Å². The first-order valence-electron chi connectivity index (χ1n) is 17.3. The van der Waals surface area contributed by atoms with Crippen molar-refractivity contribution in [1.82, 2.24) is 0 Å². The minimum atomic E-state index is -0.267. The normalized spacial score (nSPS) is 40.7. The van der Waals surface area contributed by atoms with E-state index >= 15 is 0 Å². The molecule has 44 heavy (non-hydrogen) atoms. The zero-order valence-electron chi connectivity index (χ0n) is 27.1. The highest BCUT2D eigenvalue weighted by Crippen LogP contribution is 2.69. The van der Waals surface area contributed by atoms with Crippen molar-refractivity contribution in [3.05, 3.63) is 35.9 Å². The van der Waals surface area contributed by atoms with E-state index in [9.17, 15) is 14.4 Å². The van der Waals surface area contributed by atoms with Crippen molar-refractivity contribution in [2.75, 3.05) is 13.7 Å². The quantitative estimate of drug-likeness (QED) is 0.229. The van der Waals surface area contributed by atoms with E-state index in [2.05, 4.69) is 20.8 Å². The summed E-state index contributed by atoms with van der Waals surface area (Å²) in [5.74, 6) is 1.61. The Morgan fingerprint density at radius 1 is 1.05 bits per heavy atom. The van der Waals surface area contributed by atoms with Crippen LogP contribution in [0.2, 0.25) is 0 Å². The Bertz CT molecular complexity index is 1190. The lowest BCUT2D eigenvalue weighted by atomic mass is 9.43. The lowest BCUT2D eigenvalue weighted by Crippen LogP contribution is -2.63. The van der Waals surface area contributed by atoms with Crippen LogP contribution >= 0.6 is 0 Å². The molecule has 0 radical (unpaired) electrons. The Morgan fingerprint density at radius 2 is 1.84 bits per heavy atom. The minimum absolute atomic E-state index is 0.000814. The molecule has 1 aromatic carbocycles. The zero-order valence-corrected chi connectivity index (χ0v) is 27.1.